The maximum Gasteiger partial charge on any atom is 0.0589 e. The van der Waals surface area contributed by atoms with Gasteiger partial charge in [0.2, 0.25) is 0 Å². The molecule has 0 aromatic heterocycles. The maximum atomic E-state index is 5.17. The third-order valence-corrected chi connectivity index (χ3v) is 3.16. The Hall–Kier alpha value is -1.16. The van der Waals surface area contributed by atoms with Crippen molar-refractivity contribution in [2.75, 3.05) is 40.4 Å². The Kier molecular flexibility index (Phi) is 8.14. The monoisotopic (exact) mass is 262 g/mol. The summed E-state index contributed by atoms with van der Waals surface area (Å²) in [6.07, 6.45) is 3.02. The molecule has 1 N–H and O–H groups in total. The number of hydrogen-bond donors (Lipinski definition) is 1. The van der Waals surface area contributed by atoms with Gasteiger partial charge in [0, 0.05) is 26.7 Å². The van der Waals surface area contributed by atoms with E-state index in [-0.39, 0.29) is 0 Å². The highest BCUT2D eigenvalue weighted by Gasteiger charge is 2.07. The predicted octanol–water partition coefficient (Wildman–Crippen LogP) is 2.08. The second-order valence-electron chi connectivity index (χ2n) is 4.64. The summed E-state index contributed by atoms with van der Waals surface area (Å²) in [5, 5.41) is 3.21. The van der Waals surface area contributed by atoms with Crippen molar-refractivity contribution in [3.05, 3.63) is 48.0 Å². The van der Waals surface area contributed by atoms with Crippen LogP contribution >= 0.6 is 0 Å². The van der Waals surface area contributed by atoms with Gasteiger partial charge in [-0.2, -0.15) is 0 Å². The Balaban J connectivity index is 2.68. The van der Waals surface area contributed by atoms with Gasteiger partial charge in [-0.05, 0) is 31.1 Å². The van der Waals surface area contributed by atoms with Crippen LogP contribution in [0.15, 0.2) is 36.9 Å². The first kappa shape index (κ1) is 15.9. The van der Waals surface area contributed by atoms with Crippen molar-refractivity contribution in [1.29, 1.82) is 0 Å². The minimum Gasteiger partial charge on any atom is -0.383 e. The fourth-order valence-corrected chi connectivity index (χ4v) is 2.09. The summed E-state index contributed by atoms with van der Waals surface area (Å²) >= 11 is 0. The summed E-state index contributed by atoms with van der Waals surface area (Å²) in [5.74, 6) is 0. The smallest absolute Gasteiger partial charge is 0.0589 e. The lowest BCUT2D eigenvalue weighted by Gasteiger charge is -2.22. The zero-order valence-corrected chi connectivity index (χ0v) is 12.2. The molecule has 106 valence electrons. The lowest BCUT2D eigenvalue weighted by molar-refractivity contribution is 0.151. The van der Waals surface area contributed by atoms with E-state index in [2.05, 4.69) is 41.1 Å². The van der Waals surface area contributed by atoms with Crippen molar-refractivity contribution in [1.82, 2.24) is 10.2 Å². The highest BCUT2D eigenvalue weighted by molar-refractivity contribution is 5.27. The van der Waals surface area contributed by atoms with E-state index in [0.717, 1.165) is 39.2 Å². The third-order valence-electron chi connectivity index (χ3n) is 3.16. The van der Waals surface area contributed by atoms with Crippen LogP contribution in [-0.2, 0) is 17.7 Å². The molecule has 0 fully saturated rings. The van der Waals surface area contributed by atoms with Crippen LogP contribution in [0.4, 0.5) is 0 Å². The Morgan fingerprint density at radius 2 is 2.05 bits per heavy atom. The van der Waals surface area contributed by atoms with E-state index in [1.807, 2.05) is 13.1 Å². The molecule has 19 heavy (non-hydrogen) atoms. The molecule has 0 radical (unpaired) electrons. The number of benzene rings is 1. The normalized spacial score (nSPS) is 10.9. The largest absolute Gasteiger partial charge is 0.383 e. The van der Waals surface area contributed by atoms with Gasteiger partial charge in [0.25, 0.3) is 0 Å². The van der Waals surface area contributed by atoms with Crippen molar-refractivity contribution in [2.45, 2.75) is 13.0 Å². The fraction of sp³-hybridized carbons (Fsp3) is 0.500. The Morgan fingerprint density at radius 3 is 2.68 bits per heavy atom. The van der Waals surface area contributed by atoms with Gasteiger partial charge in [0.05, 0.1) is 6.61 Å². The predicted molar refractivity (Wildman–Crippen MR) is 81.4 cm³/mol. The molecule has 3 heteroatoms. The molecular weight excluding hydrogens is 236 g/mol. The van der Waals surface area contributed by atoms with Crippen LogP contribution in [0.3, 0.4) is 0 Å². The standard InChI is InChI=1S/C16H26N2O/c1-4-11-18(12-13-19-3)14-16-8-6-5-7-15(16)9-10-17-2/h4-8,17H,1,9-14H2,2-3H3. The topological polar surface area (TPSA) is 24.5 Å². The van der Waals surface area contributed by atoms with E-state index in [0.29, 0.717) is 0 Å². The van der Waals surface area contributed by atoms with Crippen molar-refractivity contribution in [2.24, 2.45) is 0 Å². The summed E-state index contributed by atoms with van der Waals surface area (Å²) < 4.78 is 5.17. The first-order chi connectivity index (χ1) is 9.31. The summed E-state index contributed by atoms with van der Waals surface area (Å²) in [5.41, 5.74) is 2.82. The summed E-state index contributed by atoms with van der Waals surface area (Å²) in [6, 6.07) is 8.66. The van der Waals surface area contributed by atoms with Crippen LogP contribution < -0.4 is 5.32 Å². The van der Waals surface area contributed by atoms with Crippen molar-refractivity contribution in [3.8, 4) is 0 Å². The van der Waals surface area contributed by atoms with Crippen LogP contribution in [0.1, 0.15) is 11.1 Å². The minimum atomic E-state index is 0.756. The Labute approximate surface area is 117 Å². The van der Waals surface area contributed by atoms with Crippen LogP contribution in [0.5, 0.6) is 0 Å². The number of rotatable bonds is 10. The summed E-state index contributed by atoms with van der Waals surface area (Å²) in [7, 11) is 3.73. The molecule has 1 rings (SSSR count). The number of hydrogen-bond acceptors (Lipinski definition) is 3. The molecule has 0 amide bonds. The molecule has 0 bridgehead atoms. The molecular formula is C16H26N2O. The molecule has 0 saturated carbocycles. The fourth-order valence-electron chi connectivity index (χ4n) is 2.09. The van der Waals surface area contributed by atoms with E-state index in [4.69, 9.17) is 4.74 Å². The highest BCUT2D eigenvalue weighted by atomic mass is 16.5. The number of methoxy groups -OCH3 is 1. The molecule has 0 unspecified atom stereocenters. The molecule has 0 atom stereocenters. The number of likely N-dealkylation sites (N-methyl/N-ethyl adjacent to an activating group) is 1. The molecule has 1 aromatic rings. The first-order valence-corrected chi connectivity index (χ1v) is 6.85. The van der Waals surface area contributed by atoms with Crippen LogP contribution in [0.2, 0.25) is 0 Å². The molecule has 0 heterocycles. The van der Waals surface area contributed by atoms with Crippen LogP contribution in [0, 0.1) is 0 Å². The van der Waals surface area contributed by atoms with Gasteiger partial charge in [0.15, 0.2) is 0 Å². The maximum absolute atomic E-state index is 5.17. The molecule has 0 spiro atoms. The van der Waals surface area contributed by atoms with Gasteiger partial charge in [-0.25, -0.2) is 0 Å². The van der Waals surface area contributed by atoms with Crippen molar-refractivity contribution in [3.63, 3.8) is 0 Å². The quantitative estimate of drug-likeness (QED) is 0.653. The van der Waals surface area contributed by atoms with E-state index in [9.17, 15) is 0 Å². The molecule has 0 aliphatic rings. The highest BCUT2D eigenvalue weighted by Crippen LogP contribution is 2.12. The zero-order valence-electron chi connectivity index (χ0n) is 12.2. The Bertz CT molecular complexity index is 366. The molecule has 0 saturated heterocycles. The molecule has 1 aromatic carbocycles. The summed E-state index contributed by atoms with van der Waals surface area (Å²) in [6.45, 7) is 8.38. The second-order valence-corrected chi connectivity index (χ2v) is 4.64. The molecule has 0 aliphatic carbocycles. The molecule has 0 aliphatic heterocycles. The second kappa shape index (κ2) is 9.73. The van der Waals surface area contributed by atoms with E-state index in [1.54, 1.807) is 7.11 Å². The SMILES string of the molecule is C=CCN(CCOC)Cc1ccccc1CCNC. The third kappa shape index (κ3) is 6.01. The van der Waals surface area contributed by atoms with E-state index < -0.39 is 0 Å². The number of nitrogens with zero attached hydrogens (tertiary/aromatic N) is 1. The zero-order chi connectivity index (χ0) is 13.9. The lowest BCUT2D eigenvalue weighted by Crippen LogP contribution is -2.27. The van der Waals surface area contributed by atoms with Gasteiger partial charge >= 0.3 is 0 Å². The molecule has 3 nitrogen and oxygen atoms in total. The first-order valence-electron chi connectivity index (χ1n) is 6.85. The van der Waals surface area contributed by atoms with E-state index in [1.165, 1.54) is 11.1 Å². The average Bonchev–Trinajstić information content (AvgIpc) is 2.44. The summed E-state index contributed by atoms with van der Waals surface area (Å²) in [4.78, 5) is 2.36. The van der Waals surface area contributed by atoms with Gasteiger partial charge in [-0.15, -0.1) is 6.58 Å². The van der Waals surface area contributed by atoms with Gasteiger partial charge in [-0.1, -0.05) is 30.3 Å². The van der Waals surface area contributed by atoms with Gasteiger partial charge in [0.1, 0.15) is 0 Å². The average molecular weight is 262 g/mol. The van der Waals surface area contributed by atoms with Gasteiger partial charge in [-0.3, -0.25) is 4.90 Å². The van der Waals surface area contributed by atoms with Crippen molar-refractivity contribution >= 4 is 0 Å². The number of nitrogens with one attached hydrogen (secondary N) is 1. The van der Waals surface area contributed by atoms with Crippen molar-refractivity contribution < 1.29 is 4.74 Å². The van der Waals surface area contributed by atoms with Gasteiger partial charge < -0.3 is 10.1 Å². The van der Waals surface area contributed by atoms with Crippen LogP contribution in [-0.4, -0.2) is 45.3 Å². The number of ether oxygens (including phenoxy) is 1. The van der Waals surface area contributed by atoms with E-state index >= 15 is 0 Å². The Morgan fingerprint density at radius 1 is 1.32 bits per heavy atom. The minimum absolute atomic E-state index is 0.756. The van der Waals surface area contributed by atoms with Crippen LogP contribution in [0.25, 0.3) is 0 Å². The lowest BCUT2D eigenvalue weighted by atomic mass is 10.0.